The van der Waals surface area contributed by atoms with Crippen LogP contribution in [0.5, 0.6) is 0 Å². The van der Waals surface area contributed by atoms with Gasteiger partial charge in [0.05, 0.1) is 6.61 Å². The molecule has 2 aliphatic rings. The monoisotopic (exact) mass is 249 g/mol. The molecule has 1 aromatic heterocycles. The molecule has 1 unspecified atom stereocenters. The fourth-order valence-corrected chi connectivity index (χ4v) is 2.76. The number of hydrogen-bond donors (Lipinski definition) is 1. The topological polar surface area (TPSA) is 39.1 Å². The molecule has 100 valence electrons. The van der Waals surface area contributed by atoms with Crippen LogP contribution in [0.2, 0.25) is 0 Å². The van der Waals surface area contributed by atoms with Gasteiger partial charge in [-0.15, -0.1) is 0 Å². The van der Waals surface area contributed by atoms with E-state index in [-0.39, 0.29) is 0 Å². The molecule has 2 fully saturated rings. The van der Waals surface area contributed by atoms with E-state index >= 15 is 0 Å². The van der Waals surface area contributed by atoms with E-state index in [0.717, 1.165) is 32.2 Å². The summed E-state index contributed by atoms with van der Waals surface area (Å²) in [6.07, 6.45) is 8.11. The largest absolute Gasteiger partial charge is 0.381 e. The highest BCUT2D eigenvalue weighted by molar-refractivity contribution is 5.02. The van der Waals surface area contributed by atoms with E-state index in [9.17, 15) is 0 Å². The van der Waals surface area contributed by atoms with Crippen molar-refractivity contribution in [1.82, 2.24) is 15.1 Å². The van der Waals surface area contributed by atoms with Crippen LogP contribution >= 0.6 is 0 Å². The van der Waals surface area contributed by atoms with Gasteiger partial charge in [0.1, 0.15) is 0 Å². The second-order valence-electron chi connectivity index (χ2n) is 5.90. The molecule has 4 nitrogen and oxygen atoms in total. The Morgan fingerprint density at radius 2 is 2.44 bits per heavy atom. The number of rotatable bonds is 6. The lowest BCUT2D eigenvalue weighted by Gasteiger charge is -2.28. The summed E-state index contributed by atoms with van der Waals surface area (Å²) in [6, 6.07) is 2.91. The molecule has 0 spiro atoms. The van der Waals surface area contributed by atoms with Gasteiger partial charge in [-0.3, -0.25) is 4.68 Å². The Balaban J connectivity index is 1.57. The number of nitrogens with one attached hydrogen (secondary N) is 1. The van der Waals surface area contributed by atoms with Crippen LogP contribution in [0.4, 0.5) is 0 Å². The van der Waals surface area contributed by atoms with Gasteiger partial charge in [-0.25, -0.2) is 0 Å². The van der Waals surface area contributed by atoms with Crippen LogP contribution in [0, 0.1) is 5.41 Å². The number of hydrogen-bond acceptors (Lipinski definition) is 3. The Kier molecular flexibility index (Phi) is 3.39. The SMILES string of the molecule is Cn1nccc1CCC1(CNC2CC2)CCOC1. The predicted octanol–water partition coefficient (Wildman–Crippen LogP) is 1.51. The van der Waals surface area contributed by atoms with Crippen LogP contribution in [0.15, 0.2) is 12.3 Å². The summed E-state index contributed by atoms with van der Waals surface area (Å²) in [5.41, 5.74) is 1.68. The molecule has 1 saturated heterocycles. The van der Waals surface area contributed by atoms with E-state index in [1.165, 1.54) is 31.4 Å². The van der Waals surface area contributed by atoms with E-state index in [1.807, 2.05) is 17.9 Å². The molecule has 3 rings (SSSR count). The van der Waals surface area contributed by atoms with Crippen molar-refractivity contribution in [2.75, 3.05) is 19.8 Å². The van der Waals surface area contributed by atoms with Gasteiger partial charge < -0.3 is 10.1 Å². The molecule has 1 saturated carbocycles. The summed E-state index contributed by atoms with van der Waals surface area (Å²) in [7, 11) is 2.02. The van der Waals surface area contributed by atoms with Gasteiger partial charge >= 0.3 is 0 Å². The van der Waals surface area contributed by atoms with Gasteiger partial charge in [0.15, 0.2) is 0 Å². The molecule has 2 heterocycles. The maximum Gasteiger partial charge on any atom is 0.0535 e. The maximum atomic E-state index is 5.65. The summed E-state index contributed by atoms with van der Waals surface area (Å²) in [5, 5.41) is 7.92. The Labute approximate surface area is 109 Å². The minimum atomic E-state index is 0.354. The summed E-state index contributed by atoms with van der Waals surface area (Å²) < 4.78 is 7.63. The molecule has 0 radical (unpaired) electrons. The third-order valence-corrected chi connectivity index (χ3v) is 4.36. The van der Waals surface area contributed by atoms with Gasteiger partial charge in [0, 0.05) is 43.5 Å². The van der Waals surface area contributed by atoms with Gasteiger partial charge in [-0.05, 0) is 38.2 Å². The lowest BCUT2D eigenvalue weighted by Crippen LogP contribution is -2.36. The fraction of sp³-hybridized carbons (Fsp3) is 0.786. The zero-order valence-electron chi connectivity index (χ0n) is 11.2. The molecule has 1 N–H and O–H groups in total. The smallest absolute Gasteiger partial charge is 0.0535 e. The predicted molar refractivity (Wildman–Crippen MR) is 70.4 cm³/mol. The normalized spacial score (nSPS) is 27.8. The van der Waals surface area contributed by atoms with Crippen LogP contribution in [-0.4, -0.2) is 35.6 Å². The van der Waals surface area contributed by atoms with Crippen molar-refractivity contribution in [1.29, 1.82) is 0 Å². The first-order chi connectivity index (χ1) is 8.77. The van der Waals surface area contributed by atoms with Crippen LogP contribution in [0.1, 0.15) is 31.4 Å². The van der Waals surface area contributed by atoms with Crippen molar-refractivity contribution in [3.05, 3.63) is 18.0 Å². The third kappa shape index (κ3) is 2.75. The maximum absolute atomic E-state index is 5.65. The minimum absolute atomic E-state index is 0.354. The molecule has 1 aliphatic heterocycles. The van der Waals surface area contributed by atoms with E-state index in [4.69, 9.17) is 4.74 Å². The highest BCUT2D eigenvalue weighted by atomic mass is 16.5. The van der Waals surface area contributed by atoms with E-state index in [1.54, 1.807) is 0 Å². The molecule has 1 atom stereocenters. The number of ether oxygens (including phenoxy) is 1. The standard InChI is InChI=1S/C14H23N3O/c1-17-13(5-8-16-17)4-6-14(7-9-18-11-14)10-15-12-2-3-12/h5,8,12,15H,2-4,6-7,9-11H2,1H3. The van der Waals surface area contributed by atoms with Gasteiger partial charge in [0.25, 0.3) is 0 Å². The van der Waals surface area contributed by atoms with Crippen LogP contribution < -0.4 is 5.32 Å². The van der Waals surface area contributed by atoms with Gasteiger partial charge in [0.2, 0.25) is 0 Å². The first kappa shape index (κ1) is 12.2. The molecule has 0 aromatic carbocycles. The second kappa shape index (κ2) is 5.02. The van der Waals surface area contributed by atoms with Crippen LogP contribution in [0.3, 0.4) is 0 Å². The van der Waals surface area contributed by atoms with Crippen molar-refractivity contribution in [3.8, 4) is 0 Å². The van der Waals surface area contributed by atoms with Gasteiger partial charge in [-0.1, -0.05) is 0 Å². The van der Waals surface area contributed by atoms with Crippen LogP contribution in [0.25, 0.3) is 0 Å². The summed E-state index contributed by atoms with van der Waals surface area (Å²) in [5.74, 6) is 0. The third-order valence-electron chi connectivity index (χ3n) is 4.36. The molecule has 1 aromatic rings. The lowest BCUT2D eigenvalue weighted by atomic mass is 9.82. The highest BCUT2D eigenvalue weighted by Gasteiger charge is 2.36. The molecular weight excluding hydrogens is 226 g/mol. The van der Waals surface area contributed by atoms with Crippen molar-refractivity contribution < 1.29 is 4.74 Å². The summed E-state index contributed by atoms with van der Waals surface area (Å²) in [4.78, 5) is 0. The quantitative estimate of drug-likeness (QED) is 0.830. The van der Waals surface area contributed by atoms with Crippen molar-refractivity contribution in [3.63, 3.8) is 0 Å². The second-order valence-corrected chi connectivity index (χ2v) is 5.90. The Morgan fingerprint density at radius 1 is 1.56 bits per heavy atom. The lowest BCUT2D eigenvalue weighted by molar-refractivity contribution is 0.143. The first-order valence-corrected chi connectivity index (χ1v) is 7.05. The fourth-order valence-electron chi connectivity index (χ4n) is 2.76. The Bertz CT molecular complexity index is 391. The van der Waals surface area contributed by atoms with Gasteiger partial charge in [-0.2, -0.15) is 5.10 Å². The number of nitrogens with zero attached hydrogens (tertiary/aromatic N) is 2. The molecule has 0 amide bonds. The average molecular weight is 249 g/mol. The zero-order valence-corrected chi connectivity index (χ0v) is 11.2. The van der Waals surface area contributed by atoms with E-state index < -0.39 is 0 Å². The van der Waals surface area contributed by atoms with E-state index in [2.05, 4.69) is 16.5 Å². The molecule has 4 heteroatoms. The molecular formula is C14H23N3O. The van der Waals surface area contributed by atoms with E-state index in [0.29, 0.717) is 5.41 Å². The summed E-state index contributed by atoms with van der Waals surface area (Å²) in [6.45, 7) is 2.97. The number of aromatic nitrogens is 2. The minimum Gasteiger partial charge on any atom is -0.381 e. The Hall–Kier alpha value is -0.870. The average Bonchev–Trinajstić information content (AvgIpc) is 2.94. The number of aryl methyl sites for hydroxylation is 2. The molecule has 0 bridgehead atoms. The van der Waals surface area contributed by atoms with Crippen LogP contribution in [-0.2, 0) is 18.2 Å². The van der Waals surface area contributed by atoms with Crippen molar-refractivity contribution >= 4 is 0 Å². The first-order valence-electron chi connectivity index (χ1n) is 7.05. The molecule has 1 aliphatic carbocycles. The van der Waals surface area contributed by atoms with Crippen molar-refractivity contribution in [2.45, 2.75) is 38.1 Å². The zero-order chi connectivity index (χ0) is 12.4. The molecule has 18 heavy (non-hydrogen) atoms. The summed E-state index contributed by atoms with van der Waals surface area (Å²) >= 11 is 0. The Morgan fingerprint density at radius 3 is 3.06 bits per heavy atom. The highest BCUT2D eigenvalue weighted by Crippen LogP contribution is 2.34. The van der Waals surface area contributed by atoms with Crippen molar-refractivity contribution in [2.24, 2.45) is 12.5 Å².